The maximum absolute atomic E-state index is 10.3. The third-order valence-corrected chi connectivity index (χ3v) is 4.07. The third kappa shape index (κ3) is 3.54. The highest BCUT2D eigenvalue weighted by Gasteiger charge is 2.14. The minimum absolute atomic E-state index is 0.232. The lowest BCUT2D eigenvalue weighted by Gasteiger charge is -2.20. The normalized spacial score (nSPS) is 12.7. The molecule has 0 bridgehead atoms. The number of aromatic nitrogens is 3. The zero-order valence-electron chi connectivity index (χ0n) is 14.3. The Hall–Kier alpha value is -2.47. The topological polar surface area (TPSA) is 77.2 Å². The molecule has 128 valence electrons. The van der Waals surface area contributed by atoms with Crippen LogP contribution in [0.25, 0.3) is 10.9 Å². The highest BCUT2D eigenvalue weighted by atomic mass is 16.5. The molecule has 0 saturated carbocycles. The van der Waals surface area contributed by atoms with Gasteiger partial charge in [0.25, 0.3) is 0 Å². The molecule has 6 heteroatoms. The number of hydrogen-bond acceptors (Lipinski definition) is 4. The number of aromatic amines is 2. The van der Waals surface area contributed by atoms with Crippen molar-refractivity contribution in [2.24, 2.45) is 0 Å². The largest absolute Gasteiger partial charge is 0.490 e. The lowest BCUT2D eigenvalue weighted by Crippen LogP contribution is -2.33. The summed E-state index contributed by atoms with van der Waals surface area (Å²) in [4.78, 5) is 5.07. The maximum atomic E-state index is 10.3. The van der Waals surface area contributed by atoms with Gasteiger partial charge in [0.15, 0.2) is 0 Å². The molecule has 3 aromatic rings. The van der Waals surface area contributed by atoms with Crippen molar-refractivity contribution in [1.29, 1.82) is 0 Å². The third-order valence-electron chi connectivity index (χ3n) is 4.07. The van der Waals surface area contributed by atoms with Gasteiger partial charge in [0.2, 0.25) is 0 Å². The number of ether oxygens (including phenoxy) is 1. The van der Waals surface area contributed by atoms with E-state index in [9.17, 15) is 5.11 Å². The van der Waals surface area contributed by atoms with E-state index in [2.05, 4.69) is 29.0 Å². The number of nitrogens with one attached hydrogen (secondary N) is 2. The molecule has 1 unspecified atom stereocenters. The molecule has 3 rings (SSSR count). The first-order chi connectivity index (χ1) is 11.5. The van der Waals surface area contributed by atoms with Crippen molar-refractivity contribution in [2.75, 3.05) is 25.1 Å². The van der Waals surface area contributed by atoms with Crippen LogP contribution in [0.4, 0.5) is 5.82 Å². The van der Waals surface area contributed by atoms with Gasteiger partial charge in [-0.05, 0) is 24.1 Å². The van der Waals surface area contributed by atoms with Gasteiger partial charge in [-0.1, -0.05) is 19.9 Å². The van der Waals surface area contributed by atoms with Crippen LogP contribution in [0, 0.1) is 0 Å². The Labute approximate surface area is 141 Å². The monoisotopic (exact) mass is 328 g/mol. The maximum Gasteiger partial charge on any atom is 0.150 e. The van der Waals surface area contributed by atoms with Crippen LogP contribution < -0.4 is 9.64 Å². The number of aliphatic hydroxyl groups is 1. The molecule has 0 spiro atoms. The van der Waals surface area contributed by atoms with Gasteiger partial charge in [-0.25, -0.2) is 0 Å². The number of nitrogens with zero attached hydrogens (tertiary/aromatic N) is 2. The Bertz CT molecular complexity index is 793. The molecule has 1 aromatic carbocycles. The van der Waals surface area contributed by atoms with Gasteiger partial charge in [-0.3, -0.25) is 5.10 Å². The lowest BCUT2D eigenvalue weighted by atomic mass is 10.1. The second-order valence-corrected chi connectivity index (χ2v) is 6.38. The molecule has 3 N–H and O–H groups in total. The Morgan fingerprint density at radius 1 is 1.29 bits per heavy atom. The average Bonchev–Trinajstić information content (AvgIpc) is 3.21. The Kier molecular flexibility index (Phi) is 4.76. The molecular formula is C18H24N4O2. The highest BCUT2D eigenvalue weighted by Crippen LogP contribution is 2.24. The van der Waals surface area contributed by atoms with Crippen LogP contribution in [-0.4, -0.2) is 46.6 Å². The summed E-state index contributed by atoms with van der Waals surface area (Å²) in [6.07, 6.45) is 1.27. The van der Waals surface area contributed by atoms with Crippen LogP contribution in [-0.2, 0) is 0 Å². The second-order valence-electron chi connectivity index (χ2n) is 6.38. The van der Waals surface area contributed by atoms with Crippen LogP contribution in [0.5, 0.6) is 5.75 Å². The first-order valence-corrected chi connectivity index (χ1v) is 8.18. The van der Waals surface area contributed by atoms with Crippen LogP contribution >= 0.6 is 0 Å². The fourth-order valence-corrected chi connectivity index (χ4v) is 2.65. The van der Waals surface area contributed by atoms with E-state index >= 15 is 0 Å². The second kappa shape index (κ2) is 6.97. The molecule has 24 heavy (non-hydrogen) atoms. The van der Waals surface area contributed by atoms with E-state index in [0.29, 0.717) is 12.5 Å². The predicted octanol–water partition coefficient (Wildman–Crippen LogP) is 2.89. The summed E-state index contributed by atoms with van der Waals surface area (Å²) < 4.78 is 5.79. The minimum Gasteiger partial charge on any atom is -0.490 e. The quantitative estimate of drug-likeness (QED) is 0.623. The van der Waals surface area contributed by atoms with E-state index in [-0.39, 0.29) is 6.61 Å². The van der Waals surface area contributed by atoms with E-state index in [1.807, 2.05) is 48.5 Å². The van der Waals surface area contributed by atoms with Crippen molar-refractivity contribution >= 4 is 16.7 Å². The molecule has 2 aromatic heterocycles. The van der Waals surface area contributed by atoms with Gasteiger partial charge in [0.1, 0.15) is 24.3 Å². The molecular weight excluding hydrogens is 304 g/mol. The molecule has 0 aliphatic carbocycles. The summed E-state index contributed by atoms with van der Waals surface area (Å²) in [7, 11) is 1.91. The summed E-state index contributed by atoms with van der Waals surface area (Å²) >= 11 is 0. The van der Waals surface area contributed by atoms with Gasteiger partial charge < -0.3 is 19.7 Å². The zero-order chi connectivity index (χ0) is 17.1. The summed E-state index contributed by atoms with van der Waals surface area (Å²) in [5, 5.41) is 18.6. The van der Waals surface area contributed by atoms with Crippen LogP contribution in [0.3, 0.4) is 0 Å². The number of anilines is 1. The van der Waals surface area contributed by atoms with Gasteiger partial charge >= 0.3 is 0 Å². The molecule has 0 amide bonds. The molecule has 0 aliphatic heterocycles. The minimum atomic E-state index is -0.608. The van der Waals surface area contributed by atoms with E-state index in [1.165, 1.54) is 0 Å². The smallest absolute Gasteiger partial charge is 0.150 e. The van der Waals surface area contributed by atoms with Crippen molar-refractivity contribution < 1.29 is 9.84 Å². The summed E-state index contributed by atoms with van der Waals surface area (Å²) in [5.74, 6) is 2.00. The SMILES string of the molecule is CC(C)c1cc(N(C)CC(O)COc2cccc3[nH]ccc23)n[nH]1. The van der Waals surface area contributed by atoms with E-state index in [4.69, 9.17) is 4.74 Å². The first-order valence-electron chi connectivity index (χ1n) is 8.18. The number of hydrogen-bond donors (Lipinski definition) is 3. The van der Waals surface area contributed by atoms with Crippen LogP contribution in [0.1, 0.15) is 25.5 Å². The summed E-state index contributed by atoms with van der Waals surface area (Å²) in [6.45, 7) is 4.91. The molecule has 0 radical (unpaired) electrons. The van der Waals surface area contributed by atoms with E-state index < -0.39 is 6.10 Å². The molecule has 0 saturated heterocycles. The number of H-pyrrole nitrogens is 2. The van der Waals surface area contributed by atoms with Gasteiger partial charge in [-0.2, -0.15) is 5.10 Å². The number of aliphatic hydroxyl groups excluding tert-OH is 1. The van der Waals surface area contributed by atoms with Crippen molar-refractivity contribution in [3.8, 4) is 5.75 Å². The summed E-state index contributed by atoms with van der Waals surface area (Å²) in [6, 6.07) is 9.83. The molecule has 0 aliphatic rings. The highest BCUT2D eigenvalue weighted by molar-refractivity contribution is 5.85. The Morgan fingerprint density at radius 2 is 2.12 bits per heavy atom. The number of fused-ring (bicyclic) bond motifs is 1. The molecule has 6 nitrogen and oxygen atoms in total. The first kappa shape index (κ1) is 16.4. The Balaban J connectivity index is 1.57. The average molecular weight is 328 g/mol. The molecule has 0 fully saturated rings. The van der Waals surface area contributed by atoms with Crippen LogP contribution in [0.15, 0.2) is 36.5 Å². The van der Waals surface area contributed by atoms with E-state index in [1.54, 1.807) is 0 Å². The molecule has 1 atom stereocenters. The van der Waals surface area contributed by atoms with Gasteiger partial charge in [0.05, 0.1) is 0 Å². The lowest BCUT2D eigenvalue weighted by molar-refractivity contribution is 0.114. The Morgan fingerprint density at radius 3 is 2.88 bits per heavy atom. The number of benzene rings is 1. The standard InChI is InChI=1S/C18H24N4O2/c1-12(2)16-9-18(21-20-16)22(3)10-13(23)11-24-17-6-4-5-15-14(17)7-8-19-15/h4-9,12-13,19,23H,10-11H2,1-3H3,(H,20,21). The zero-order valence-corrected chi connectivity index (χ0v) is 14.3. The van der Waals surface area contributed by atoms with Crippen molar-refractivity contribution in [1.82, 2.24) is 15.2 Å². The fourth-order valence-electron chi connectivity index (χ4n) is 2.65. The molecule has 2 heterocycles. The fraction of sp³-hybridized carbons (Fsp3) is 0.389. The van der Waals surface area contributed by atoms with Gasteiger partial charge in [0, 0.05) is 42.5 Å². The summed E-state index contributed by atoms with van der Waals surface area (Å²) in [5.41, 5.74) is 2.11. The van der Waals surface area contributed by atoms with Crippen molar-refractivity contribution in [2.45, 2.75) is 25.9 Å². The number of likely N-dealkylation sites (N-methyl/N-ethyl adjacent to an activating group) is 1. The van der Waals surface area contributed by atoms with Crippen molar-refractivity contribution in [3.63, 3.8) is 0 Å². The van der Waals surface area contributed by atoms with E-state index in [0.717, 1.165) is 28.2 Å². The predicted molar refractivity (Wildman–Crippen MR) is 95.7 cm³/mol. The van der Waals surface area contributed by atoms with Crippen molar-refractivity contribution in [3.05, 3.63) is 42.2 Å². The number of rotatable bonds is 7. The van der Waals surface area contributed by atoms with Crippen LogP contribution in [0.2, 0.25) is 0 Å². The van der Waals surface area contributed by atoms with Gasteiger partial charge in [-0.15, -0.1) is 0 Å².